The van der Waals surface area contributed by atoms with Gasteiger partial charge in [-0.3, -0.25) is 9.59 Å². The lowest BCUT2D eigenvalue weighted by Crippen LogP contribution is -2.33. The van der Waals surface area contributed by atoms with Gasteiger partial charge in [-0.1, -0.05) is 27.2 Å². The summed E-state index contributed by atoms with van der Waals surface area (Å²) >= 11 is 0. The Bertz CT molecular complexity index is 330. The van der Waals surface area contributed by atoms with Crippen molar-refractivity contribution >= 4 is 11.6 Å². The molecule has 2 nitrogen and oxygen atoms in total. The first-order valence-corrected chi connectivity index (χ1v) is 7.24. The summed E-state index contributed by atoms with van der Waals surface area (Å²) in [5.41, 5.74) is -0.0872. The Morgan fingerprint density at radius 2 is 1.83 bits per heavy atom. The van der Waals surface area contributed by atoms with Crippen LogP contribution in [0.1, 0.15) is 73.1 Å². The lowest BCUT2D eigenvalue weighted by Gasteiger charge is -2.36. The van der Waals surface area contributed by atoms with Gasteiger partial charge in [-0.2, -0.15) is 0 Å². The standard InChI is InChI=1S/C16H28O2/c1-6-8-16(13(3)18)9-7-14(12(2)17)10-15(4,5)11-16/h14H,6-11H2,1-5H3. The fourth-order valence-corrected chi connectivity index (χ4v) is 3.81. The molecule has 0 aromatic carbocycles. The molecule has 0 aliphatic heterocycles. The van der Waals surface area contributed by atoms with Crippen molar-refractivity contribution in [2.45, 2.75) is 73.1 Å². The van der Waals surface area contributed by atoms with Gasteiger partial charge < -0.3 is 0 Å². The Hall–Kier alpha value is -0.660. The first-order chi connectivity index (χ1) is 8.22. The first-order valence-electron chi connectivity index (χ1n) is 7.24. The molecule has 0 saturated heterocycles. The Kier molecular flexibility index (Phi) is 4.74. The molecule has 1 saturated carbocycles. The molecule has 0 aromatic heterocycles. The van der Waals surface area contributed by atoms with Gasteiger partial charge in [-0.15, -0.1) is 0 Å². The second-order valence-corrected chi connectivity index (χ2v) is 6.98. The van der Waals surface area contributed by atoms with Gasteiger partial charge in [0, 0.05) is 11.3 Å². The van der Waals surface area contributed by atoms with Gasteiger partial charge in [-0.05, 0) is 51.4 Å². The zero-order valence-electron chi connectivity index (χ0n) is 12.6. The van der Waals surface area contributed by atoms with Crippen molar-refractivity contribution < 1.29 is 9.59 Å². The van der Waals surface area contributed by atoms with Crippen LogP contribution in [0.5, 0.6) is 0 Å². The van der Waals surface area contributed by atoms with E-state index in [1.54, 1.807) is 13.8 Å². The predicted octanol–water partition coefficient (Wildman–Crippen LogP) is 4.17. The van der Waals surface area contributed by atoms with Gasteiger partial charge in [0.1, 0.15) is 11.6 Å². The van der Waals surface area contributed by atoms with Gasteiger partial charge in [0.2, 0.25) is 0 Å². The van der Waals surface area contributed by atoms with Gasteiger partial charge in [0.15, 0.2) is 0 Å². The Morgan fingerprint density at radius 1 is 1.22 bits per heavy atom. The van der Waals surface area contributed by atoms with E-state index in [2.05, 4.69) is 20.8 Å². The SMILES string of the molecule is CCCC1(C(C)=O)CCC(C(C)=O)CC(C)(C)C1. The van der Waals surface area contributed by atoms with Crippen LogP contribution in [0.4, 0.5) is 0 Å². The molecule has 18 heavy (non-hydrogen) atoms. The number of ketones is 2. The minimum Gasteiger partial charge on any atom is -0.300 e. The van der Waals surface area contributed by atoms with E-state index in [-0.39, 0.29) is 16.7 Å². The molecule has 104 valence electrons. The van der Waals surface area contributed by atoms with Crippen molar-refractivity contribution in [1.29, 1.82) is 0 Å². The molecule has 1 aliphatic rings. The quantitative estimate of drug-likeness (QED) is 0.704. The summed E-state index contributed by atoms with van der Waals surface area (Å²) in [6.45, 7) is 10.00. The molecule has 2 heteroatoms. The van der Waals surface area contributed by atoms with Crippen LogP contribution in [0.2, 0.25) is 0 Å². The molecular formula is C16H28O2. The van der Waals surface area contributed by atoms with Crippen LogP contribution in [0.15, 0.2) is 0 Å². The molecule has 1 aliphatic carbocycles. The van der Waals surface area contributed by atoms with Gasteiger partial charge in [-0.25, -0.2) is 0 Å². The van der Waals surface area contributed by atoms with E-state index in [1.165, 1.54) is 0 Å². The van der Waals surface area contributed by atoms with Crippen molar-refractivity contribution in [3.8, 4) is 0 Å². The molecule has 2 unspecified atom stereocenters. The van der Waals surface area contributed by atoms with E-state index in [0.29, 0.717) is 11.6 Å². The maximum atomic E-state index is 12.1. The van der Waals surface area contributed by atoms with Crippen LogP contribution in [0, 0.1) is 16.7 Å². The minimum absolute atomic E-state index is 0.0909. The molecule has 0 aromatic rings. The van der Waals surface area contributed by atoms with Crippen molar-refractivity contribution in [2.24, 2.45) is 16.7 Å². The van der Waals surface area contributed by atoms with E-state index in [4.69, 9.17) is 0 Å². The molecule has 0 heterocycles. The third kappa shape index (κ3) is 3.43. The molecule has 0 spiro atoms. The van der Waals surface area contributed by atoms with E-state index in [0.717, 1.165) is 38.5 Å². The first kappa shape index (κ1) is 15.4. The molecule has 0 radical (unpaired) electrons. The molecular weight excluding hydrogens is 224 g/mol. The summed E-state index contributed by atoms with van der Waals surface area (Å²) in [6.07, 6.45) is 5.66. The Balaban J connectivity index is 3.02. The molecule has 2 atom stereocenters. The maximum Gasteiger partial charge on any atom is 0.135 e. The molecule has 1 rings (SSSR count). The van der Waals surface area contributed by atoms with Crippen molar-refractivity contribution in [3.63, 3.8) is 0 Å². The van der Waals surface area contributed by atoms with Crippen molar-refractivity contribution in [3.05, 3.63) is 0 Å². The summed E-state index contributed by atoms with van der Waals surface area (Å²) in [7, 11) is 0. The van der Waals surface area contributed by atoms with Crippen molar-refractivity contribution in [2.75, 3.05) is 0 Å². The van der Waals surface area contributed by atoms with Crippen LogP contribution in [-0.4, -0.2) is 11.6 Å². The highest BCUT2D eigenvalue weighted by Crippen LogP contribution is 2.49. The molecule has 1 fully saturated rings. The summed E-state index contributed by atoms with van der Waals surface area (Å²) < 4.78 is 0. The zero-order valence-corrected chi connectivity index (χ0v) is 12.6. The highest BCUT2D eigenvalue weighted by Gasteiger charge is 2.43. The fourth-order valence-electron chi connectivity index (χ4n) is 3.81. The van der Waals surface area contributed by atoms with Crippen LogP contribution in [0.3, 0.4) is 0 Å². The van der Waals surface area contributed by atoms with Gasteiger partial charge >= 0.3 is 0 Å². The lowest BCUT2D eigenvalue weighted by atomic mass is 9.67. The zero-order chi connectivity index (χ0) is 14.0. The maximum absolute atomic E-state index is 12.1. The smallest absolute Gasteiger partial charge is 0.135 e. The van der Waals surface area contributed by atoms with Gasteiger partial charge in [0.25, 0.3) is 0 Å². The number of hydrogen-bond acceptors (Lipinski definition) is 2. The highest BCUT2D eigenvalue weighted by atomic mass is 16.1. The minimum atomic E-state index is -0.178. The van der Waals surface area contributed by atoms with Crippen LogP contribution >= 0.6 is 0 Å². The third-order valence-corrected chi connectivity index (χ3v) is 4.64. The van der Waals surface area contributed by atoms with Gasteiger partial charge in [0.05, 0.1) is 0 Å². The largest absolute Gasteiger partial charge is 0.300 e. The molecule has 0 amide bonds. The number of Topliss-reactive ketones (excluding diaryl/α,β-unsaturated/α-hetero) is 2. The molecule has 0 bridgehead atoms. The number of carbonyl (C=O) groups excluding carboxylic acids is 2. The topological polar surface area (TPSA) is 34.1 Å². The van der Waals surface area contributed by atoms with Crippen molar-refractivity contribution in [1.82, 2.24) is 0 Å². The second kappa shape index (κ2) is 5.54. The summed E-state index contributed by atoms with van der Waals surface area (Å²) in [6, 6.07) is 0. The average Bonchev–Trinajstić information content (AvgIpc) is 2.35. The van der Waals surface area contributed by atoms with E-state index in [1.807, 2.05) is 0 Å². The number of hydrogen-bond donors (Lipinski definition) is 0. The molecule has 0 N–H and O–H groups in total. The number of carbonyl (C=O) groups is 2. The normalized spacial score (nSPS) is 31.7. The van der Waals surface area contributed by atoms with Crippen LogP contribution in [0.25, 0.3) is 0 Å². The Morgan fingerprint density at radius 3 is 2.28 bits per heavy atom. The average molecular weight is 252 g/mol. The lowest BCUT2D eigenvalue weighted by molar-refractivity contribution is -0.129. The van der Waals surface area contributed by atoms with Crippen LogP contribution in [-0.2, 0) is 9.59 Å². The third-order valence-electron chi connectivity index (χ3n) is 4.64. The second-order valence-electron chi connectivity index (χ2n) is 6.98. The number of rotatable bonds is 4. The predicted molar refractivity (Wildman–Crippen MR) is 74.4 cm³/mol. The van der Waals surface area contributed by atoms with E-state index < -0.39 is 0 Å². The summed E-state index contributed by atoms with van der Waals surface area (Å²) in [5.74, 6) is 0.763. The fraction of sp³-hybridized carbons (Fsp3) is 0.875. The summed E-state index contributed by atoms with van der Waals surface area (Å²) in [4.78, 5) is 23.8. The Labute approximate surface area is 112 Å². The monoisotopic (exact) mass is 252 g/mol. The van der Waals surface area contributed by atoms with Crippen LogP contribution < -0.4 is 0 Å². The summed E-state index contributed by atoms with van der Waals surface area (Å²) in [5, 5.41) is 0. The highest BCUT2D eigenvalue weighted by molar-refractivity contribution is 5.83. The van der Waals surface area contributed by atoms with E-state index >= 15 is 0 Å². The van der Waals surface area contributed by atoms with E-state index in [9.17, 15) is 9.59 Å².